The van der Waals surface area contributed by atoms with Gasteiger partial charge in [0.15, 0.2) is 0 Å². The Morgan fingerprint density at radius 2 is 1.93 bits per heavy atom. The minimum absolute atomic E-state index is 0.519. The second-order valence-electron chi connectivity index (χ2n) is 5.52. The number of nitrogens with one attached hydrogen (secondary N) is 1. The molecule has 3 heteroatoms. The summed E-state index contributed by atoms with van der Waals surface area (Å²) in [7, 11) is -0.519. The molecule has 0 bridgehead atoms. The molecule has 0 unspecified atom stereocenters. The summed E-state index contributed by atoms with van der Waals surface area (Å²) in [5.41, 5.74) is 0.608. The summed E-state index contributed by atoms with van der Waals surface area (Å²) in [5, 5.41) is 3.69. The van der Waals surface area contributed by atoms with Gasteiger partial charge in [-0.2, -0.15) is 0 Å². The second-order valence-corrected chi connectivity index (χ2v) is 7.22. The van der Waals surface area contributed by atoms with Crippen molar-refractivity contribution in [3.8, 4) is 0 Å². The lowest BCUT2D eigenvalue weighted by atomic mass is 9.92. The van der Waals surface area contributed by atoms with Crippen molar-refractivity contribution in [3.05, 3.63) is 0 Å². The molecule has 1 saturated heterocycles. The quantitative estimate of drug-likeness (QED) is 0.798. The van der Waals surface area contributed by atoms with E-state index in [0.29, 0.717) is 11.5 Å². The van der Waals surface area contributed by atoms with E-state index < -0.39 is 10.8 Å². The van der Waals surface area contributed by atoms with Crippen LogP contribution in [0.25, 0.3) is 0 Å². The fourth-order valence-corrected chi connectivity index (χ4v) is 3.76. The highest BCUT2D eigenvalue weighted by Gasteiger charge is 2.45. The van der Waals surface area contributed by atoms with Crippen LogP contribution in [0.2, 0.25) is 0 Å². The molecule has 2 fully saturated rings. The minimum atomic E-state index is -0.519. The standard InChI is InChI=1S/C12H23NOS/c1-10(2)12(5-6-12)9-13-11-3-7-15(14)8-4-11/h10-11,13H,3-9H2,1-2H3. The molecule has 2 aliphatic rings. The number of hydrogen-bond donors (Lipinski definition) is 1. The molecule has 0 aromatic heterocycles. The van der Waals surface area contributed by atoms with Gasteiger partial charge in [-0.05, 0) is 37.0 Å². The normalized spacial score (nSPS) is 34.3. The largest absolute Gasteiger partial charge is 0.313 e. The Balaban J connectivity index is 1.72. The van der Waals surface area contributed by atoms with Crippen molar-refractivity contribution in [2.24, 2.45) is 11.3 Å². The third-order valence-corrected chi connectivity index (χ3v) is 5.63. The van der Waals surface area contributed by atoms with E-state index in [-0.39, 0.29) is 0 Å². The average molecular weight is 229 g/mol. The van der Waals surface area contributed by atoms with Crippen LogP contribution in [-0.2, 0) is 10.8 Å². The molecule has 0 amide bonds. The van der Waals surface area contributed by atoms with E-state index in [2.05, 4.69) is 19.2 Å². The van der Waals surface area contributed by atoms with Gasteiger partial charge in [-0.3, -0.25) is 4.21 Å². The summed E-state index contributed by atoms with van der Waals surface area (Å²) in [4.78, 5) is 0. The van der Waals surface area contributed by atoms with Gasteiger partial charge in [-0.25, -0.2) is 0 Å². The summed E-state index contributed by atoms with van der Waals surface area (Å²) in [5.74, 6) is 2.63. The first-order valence-electron chi connectivity index (χ1n) is 6.21. The van der Waals surface area contributed by atoms with Gasteiger partial charge in [0.25, 0.3) is 0 Å². The monoisotopic (exact) mass is 229 g/mol. The first-order valence-corrected chi connectivity index (χ1v) is 7.69. The molecular formula is C12H23NOS. The van der Waals surface area contributed by atoms with E-state index in [0.717, 1.165) is 30.3 Å². The van der Waals surface area contributed by atoms with E-state index in [4.69, 9.17) is 0 Å². The molecule has 1 heterocycles. The zero-order valence-electron chi connectivity index (χ0n) is 9.92. The summed E-state index contributed by atoms with van der Waals surface area (Å²) in [6.07, 6.45) is 5.02. The van der Waals surface area contributed by atoms with Crippen LogP contribution in [0.15, 0.2) is 0 Å². The van der Waals surface area contributed by atoms with Crippen molar-refractivity contribution >= 4 is 10.8 Å². The van der Waals surface area contributed by atoms with E-state index in [1.165, 1.54) is 19.4 Å². The summed E-state index contributed by atoms with van der Waals surface area (Å²) >= 11 is 0. The molecule has 2 rings (SSSR count). The molecule has 0 atom stereocenters. The molecular weight excluding hydrogens is 206 g/mol. The van der Waals surface area contributed by atoms with Crippen molar-refractivity contribution in [3.63, 3.8) is 0 Å². The van der Waals surface area contributed by atoms with E-state index in [1.807, 2.05) is 0 Å². The molecule has 88 valence electrons. The lowest BCUT2D eigenvalue weighted by Crippen LogP contribution is -2.40. The van der Waals surface area contributed by atoms with Crippen molar-refractivity contribution in [2.45, 2.75) is 45.6 Å². The third kappa shape index (κ3) is 2.82. The van der Waals surface area contributed by atoms with Crippen LogP contribution in [0.1, 0.15) is 39.5 Å². The highest BCUT2D eigenvalue weighted by atomic mass is 32.2. The predicted molar refractivity (Wildman–Crippen MR) is 65.4 cm³/mol. The van der Waals surface area contributed by atoms with Crippen LogP contribution in [0, 0.1) is 11.3 Å². The molecule has 0 aromatic carbocycles. The third-order valence-electron chi connectivity index (χ3n) is 4.25. The fourth-order valence-electron chi connectivity index (χ4n) is 2.46. The lowest BCUT2D eigenvalue weighted by molar-refractivity contribution is 0.313. The zero-order chi connectivity index (χ0) is 10.9. The van der Waals surface area contributed by atoms with Gasteiger partial charge < -0.3 is 5.32 Å². The topological polar surface area (TPSA) is 29.1 Å². The van der Waals surface area contributed by atoms with Crippen molar-refractivity contribution in [1.82, 2.24) is 5.32 Å². The number of hydrogen-bond acceptors (Lipinski definition) is 2. The van der Waals surface area contributed by atoms with Gasteiger partial charge in [0.2, 0.25) is 0 Å². The Bertz CT molecular complexity index is 238. The summed E-state index contributed by atoms with van der Waals surface area (Å²) in [6.45, 7) is 5.86. The van der Waals surface area contributed by atoms with Crippen LogP contribution >= 0.6 is 0 Å². The number of rotatable bonds is 4. The average Bonchev–Trinajstić information content (AvgIpc) is 2.98. The van der Waals surface area contributed by atoms with Gasteiger partial charge in [-0.1, -0.05) is 13.8 Å². The van der Waals surface area contributed by atoms with Crippen LogP contribution in [-0.4, -0.2) is 28.3 Å². The zero-order valence-corrected chi connectivity index (χ0v) is 10.7. The Hall–Kier alpha value is 0.110. The first kappa shape index (κ1) is 11.6. The molecule has 0 radical (unpaired) electrons. The fraction of sp³-hybridized carbons (Fsp3) is 1.00. The molecule has 1 saturated carbocycles. The van der Waals surface area contributed by atoms with Gasteiger partial charge >= 0.3 is 0 Å². The highest BCUT2D eigenvalue weighted by Crippen LogP contribution is 2.51. The Labute approximate surface area is 95.7 Å². The van der Waals surface area contributed by atoms with Gasteiger partial charge in [-0.15, -0.1) is 0 Å². The molecule has 1 aliphatic heterocycles. The van der Waals surface area contributed by atoms with Crippen molar-refractivity contribution in [2.75, 3.05) is 18.1 Å². The molecule has 2 nitrogen and oxygen atoms in total. The van der Waals surface area contributed by atoms with Crippen LogP contribution in [0.3, 0.4) is 0 Å². The lowest BCUT2D eigenvalue weighted by Gasteiger charge is -2.27. The Kier molecular flexibility index (Phi) is 3.51. The molecule has 0 spiro atoms. The maximum absolute atomic E-state index is 11.2. The van der Waals surface area contributed by atoms with E-state index in [9.17, 15) is 4.21 Å². The Morgan fingerprint density at radius 1 is 1.33 bits per heavy atom. The van der Waals surface area contributed by atoms with Crippen molar-refractivity contribution < 1.29 is 4.21 Å². The minimum Gasteiger partial charge on any atom is -0.313 e. The maximum atomic E-state index is 11.2. The molecule has 15 heavy (non-hydrogen) atoms. The maximum Gasteiger partial charge on any atom is 0.0249 e. The van der Waals surface area contributed by atoms with E-state index >= 15 is 0 Å². The van der Waals surface area contributed by atoms with Gasteiger partial charge in [0.1, 0.15) is 0 Å². The van der Waals surface area contributed by atoms with Gasteiger partial charge in [0, 0.05) is 34.9 Å². The van der Waals surface area contributed by atoms with Crippen LogP contribution in [0.5, 0.6) is 0 Å². The summed E-state index contributed by atoms with van der Waals surface area (Å²) in [6, 6.07) is 0.638. The molecule has 0 aromatic rings. The SMILES string of the molecule is CC(C)C1(CNC2CCS(=O)CC2)CC1. The first-order chi connectivity index (χ1) is 7.12. The van der Waals surface area contributed by atoms with Crippen molar-refractivity contribution in [1.29, 1.82) is 0 Å². The predicted octanol–water partition coefficient (Wildman–Crippen LogP) is 1.92. The smallest absolute Gasteiger partial charge is 0.0249 e. The molecule has 1 N–H and O–H groups in total. The highest BCUT2D eigenvalue weighted by molar-refractivity contribution is 7.85. The van der Waals surface area contributed by atoms with E-state index in [1.54, 1.807) is 0 Å². The van der Waals surface area contributed by atoms with Crippen LogP contribution in [0.4, 0.5) is 0 Å². The van der Waals surface area contributed by atoms with Gasteiger partial charge in [0.05, 0.1) is 0 Å². The Morgan fingerprint density at radius 3 is 2.40 bits per heavy atom. The van der Waals surface area contributed by atoms with Crippen LogP contribution < -0.4 is 5.32 Å². The summed E-state index contributed by atoms with van der Waals surface area (Å²) < 4.78 is 11.2. The second kappa shape index (κ2) is 4.54. The molecule has 1 aliphatic carbocycles.